The standard InChI is InChI=1S/C39H40N8O9/c1-46(18-16-41-33(50)22-56-30-8-4-6-26-34(30)39(54)47(38(26)53)28-13-14-32(49)43-37(28)52)19-17-42-36(51)24-11-9-23(10-12-24)15-20-55-31-21-27(44-45-35(31)40)25-5-2-3-7-29(25)48/h2-12,21,28,48H,13-20,22H2,1H3,(H2,40,45)(H,41,50)(H,42,51)(H,43,49,52). The Kier molecular flexibility index (Phi) is 12.1. The largest absolute Gasteiger partial charge is 0.507 e. The zero-order valence-corrected chi connectivity index (χ0v) is 30.4. The number of nitrogen functional groups attached to an aromatic ring is 1. The van der Waals surface area contributed by atoms with Crippen LogP contribution in [0.15, 0.2) is 72.8 Å². The van der Waals surface area contributed by atoms with Crippen molar-refractivity contribution in [1.82, 2.24) is 35.9 Å². The molecule has 0 saturated carbocycles. The molecule has 6 N–H and O–H groups in total. The predicted octanol–water partition coefficient (Wildman–Crippen LogP) is 1.31. The number of hydrogen-bond acceptors (Lipinski definition) is 13. The van der Waals surface area contributed by atoms with E-state index in [1.54, 1.807) is 42.5 Å². The number of nitrogens with zero attached hydrogens (tertiary/aromatic N) is 4. The van der Waals surface area contributed by atoms with E-state index in [0.29, 0.717) is 55.2 Å². The van der Waals surface area contributed by atoms with E-state index in [0.717, 1.165) is 10.5 Å². The number of rotatable bonds is 16. The molecular weight excluding hydrogens is 724 g/mol. The van der Waals surface area contributed by atoms with Crippen LogP contribution in [0.5, 0.6) is 17.2 Å². The fourth-order valence-electron chi connectivity index (χ4n) is 6.18. The quantitative estimate of drug-likeness (QED) is 0.101. The van der Waals surface area contributed by atoms with E-state index in [1.807, 2.05) is 24.1 Å². The summed E-state index contributed by atoms with van der Waals surface area (Å²) < 4.78 is 11.5. The van der Waals surface area contributed by atoms with Crippen LogP contribution in [0.3, 0.4) is 0 Å². The first-order valence-corrected chi connectivity index (χ1v) is 17.8. The normalized spacial score (nSPS) is 15.0. The minimum atomic E-state index is -1.11. The first-order valence-electron chi connectivity index (χ1n) is 17.8. The van der Waals surface area contributed by atoms with Gasteiger partial charge in [-0.2, -0.15) is 0 Å². The molecule has 56 heavy (non-hydrogen) atoms. The second-order valence-corrected chi connectivity index (χ2v) is 13.1. The molecule has 17 heteroatoms. The van der Waals surface area contributed by atoms with Gasteiger partial charge in [-0.1, -0.05) is 30.3 Å². The zero-order valence-electron chi connectivity index (χ0n) is 30.4. The number of piperidine rings is 1. The lowest BCUT2D eigenvalue weighted by Gasteiger charge is -2.27. The summed E-state index contributed by atoms with van der Waals surface area (Å²) >= 11 is 0. The van der Waals surface area contributed by atoms with Gasteiger partial charge in [-0.3, -0.25) is 39.0 Å². The van der Waals surface area contributed by atoms with Crippen LogP contribution in [0.1, 0.15) is 49.5 Å². The van der Waals surface area contributed by atoms with Crippen molar-refractivity contribution < 1.29 is 43.3 Å². The summed E-state index contributed by atoms with van der Waals surface area (Å²) in [4.78, 5) is 78.2. The van der Waals surface area contributed by atoms with Crippen LogP contribution in [-0.4, -0.2) is 113 Å². The molecule has 0 spiro atoms. The number of aromatic hydroxyl groups is 1. The van der Waals surface area contributed by atoms with Gasteiger partial charge in [-0.05, 0) is 55.4 Å². The van der Waals surface area contributed by atoms with Crippen molar-refractivity contribution >= 4 is 41.3 Å². The fourth-order valence-corrected chi connectivity index (χ4v) is 6.18. The van der Waals surface area contributed by atoms with E-state index in [2.05, 4.69) is 26.1 Å². The lowest BCUT2D eigenvalue weighted by Crippen LogP contribution is -2.54. The number of carbonyl (C=O) groups excluding carboxylic acids is 6. The van der Waals surface area contributed by atoms with Crippen molar-refractivity contribution in [3.05, 3.63) is 95.1 Å². The number of phenols is 1. The van der Waals surface area contributed by atoms with Crippen molar-refractivity contribution in [2.75, 3.05) is 52.2 Å². The number of amides is 6. The summed E-state index contributed by atoms with van der Waals surface area (Å²) in [5.74, 6) is -2.68. The summed E-state index contributed by atoms with van der Waals surface area (Å²) in [5.41, 5.74) is 8.35. The number of nitrogens with one attached hydrogen (secondary N) is 3. The number of benzene rings is 3. The van der Waals surface area contributed by atoms with Crippen molar-refractivity contribution in [1.29, 1.82) is 0 Å². The molecule has 290 valence electrons. The number of imide groups is 2. The molecule has 3 heterocycles. The number of phenolic OH excluding ortho intramolecular Hbond substituents is 1. The van der Waals surface area contributed by atoms with Crippen LogP contribution in [0.2, 0.25) is 0 Å². The molecule has 2 aliphatic rings. The first-order chi connectivity index (χ1) is 27.0. The highest BCUT2D eigenvalue weighted by molar-refractivity contribution is 6.24. The zero-order chi connectivity index (χ0) is 39.8. The van der Waals surface area contributed by atoms with Crippen molar-refractivity contribution in [3.63, 3.8) is 0 Å². The maximum atomic E-state index is 13.2. The third-order valence-corrected chi connectivity index (χ3v) is 9.21. The molecule has 1 saturated heterocycles. The highest BCUT2D eigenvalue weighted by Crippen LogP contribution is 2.34. The van der Waals surface area contributed by atoms with Crippen molar-refractivity contribution in [3.8, 4) is 28.5 Å². The highest BCUT2D eigenvalue weighted by Gasteiger charge is 2.46. The van der Waals surface area contributed by atoms with Crippen LogP contribution in [0.25, 0.3) is 11.3 Å². The molecule has 6 rings (SSSR count). The third-order valence-electron chi connectivity index (χ3n) is 9.21. The molecule has 4 aromatic rings. The van der Waals surface area contributed by atoms with E-state index in [1.165, 1.54) is 18.2 Å². The van der Waals surface area contributed by atoms with Gasteiger partial charge in [0.15, 0.2) is 18.2 Å². The molecule has 1 unspecified atom stereocenters. The van der Waals surface area contributed by atoms with Crippen LogP contribution >= 0.6 is 0 Å². The average Bonchev–Trinajstić information content (AvgIpc) is 3.44. The summed E-state index contributed by atoms with van der Waals surface area (Å²) in [6, 6.07) is 18.9. The number of ether oxygens (including phenoxy) is 2. The molecular formula is C39H40N8O9. The SMILES string of the molecule is CN(CCNC(=O)COc1cccc2c1C(=O)N(C1CCC(=O)NC1=O)C2=O)CCNC(=O)c1ccc(CCOc2cc(-c3ccccc3O)nnc2N)cc1. The number of fused-ring (bicyclic) bond motifs is 1. The Morgan fingerprint density at radius 1 is 0.911 bits per heavy atom. The molecule has 3 aromatic carbocycles. The minimum absolute atomic E-state index is 0.000782. The van der Waals surface area contributed by atoms with Gasteiger partial charge in [0.1, 0.15) is 23.2 Å². The van der Waals surface area contributed by atoms with E-state index < -0.39 is 42.2 Å². The van der Waals surface area contributed by atoms with Gasteiger partial charge < -0.3 is 35.8 Å². The summed E-state index contributed by atoms with van der Waals surface area (Å²) in [5, 5.41) is 25.9. The van der Waals surface area contributed by atoms with Crippen molar-refractivity contribution in [2.24, 2.45) is 0 Å². The molecule has 6 amide bonds. The minimum Gasteiger partial charge on any atom is -0.507 e. The number of likely N-dealkylation sites (N-methyl/N-ethyl adjacent to an activating group) is 1. The van der Waals surface area contributed by atoms with E-state index >= 15 is 0 Å². The van der Waals surface area contributed by atoms with Crippen LogP contribution < -0.4 is 31.2 Å². The maximum absolute atomic E-state index is 13.2. The monoisotopic (exact) mass is 764 g/mol. The van der Waals surface area contributed by atoms with E-state index in [-0.39, 0.29) is 53.7 Å². The molecule has 1 atom stereocenters. The first kappa shape index (κ1) is 38.8. The Hall–Kier alpha value is -6.88. The number of carbonyl (C=O) groups is 6. The van der Waals surface area contributed by atoms with Gasteiger partial charge in [0.25, 0.3) is 23.6 Å². The Labute approximate surface area is 321 Å². The molecule has 17 nitrogen and oxygen atoms in total. The number of para-hydroxylation sites is 1. The molecule has 0 radical (unpaired) electrons. The summed E-state index contributed by atoms with van der Waals surface area (Å²) in [7, 11) is 1.85. The number of hydrogen-bond donors (Lipinski definition) is 5. The number of nitrogens with two attached hydrogens (primary N) is 1. The van der Waals surface area contributed by atoms with Gasteiger partial charge >= 0.3 is 0 Å². The Balaban J connectivity index is 0.877. The maximum Gasteiger partial charge on any atom is 0.266 e. The molecule has 0 bridgehead atoms. The Morgan fingerprint density at radius 2 is 1.64 bits per heavy atom. The number of aromatic nitrogens is 2. The van der Waals surface area contributed by atoms with E-state index in [4.69, 9.17) is 15.2 Å². The van der Waals surface area contributed by atoms with Crippen LogP contribution in [0.4, 0.5) is 5.82 Å². The van der Waals surface area contributed by atoms with Gasteiger partial charge in [-0.15, -0.1) is 10.2 Å². The van der Waals surface area contributed by atoms with Gasteiger partial charge in [0.05, 0.1) is 17.7 Å². The second kappa shape index (κ2) is 17.5. The fraction of sp³-hybridized carbons (Fsp3) is 0.282. The Morgan fingerprint density at radius 3 is 2.39 bits per heavy atom. The predicted molar refractivity (Wildman–Crippen MR) is 201 cm³/mol. The lowest BCUT2D eigenvalue weighted by molar-refractivity contribution is -0.136. The van der Waals surface area contributed by atoms with Gasteiger partial charge in [0.2, 0.25) is 11.8 Å². The Bertz CT molecular complexity index is 2160. The van der Waals surface area contributed by atoms with E-state index in [9.17, 15) is 33.9 Å². The van der Waals surface area contributed by atoms with Crippen LogP contribution in [0, 0.1) is 0 Å². The molecule has 1 aromatic heterocycles. The number of anilines is 1. The van der Waals surface area contributed by atoms with Gasteiger partial charge in [-0.25, -0.2) is 0 Å². The van der Waals surface area contributed by atoms with Crippen molar-refractivity contribution in [2.45, 2.75) is 25.3 Å². The van der Waals surface area contributed by atoms with Crippen LogP contribution in [-0.2, 0) is 20.8 Å². The smallest absolute Gasteiger partial charge is 0.266 e. The average molecular weight is 765 g/mol. The summed E-state index contributed by atoms with van der Waals surface area (Å²) in [6.07, 6.45) is 0.571. The molecule has 0 aliphatic carbocycles. The third kappa shape index (κ3) is 9.07. The lowest BCUT2D eigenvalue weighted by atomic mass is 10.0. The topological polar surface area (TPSA) is 235 Å². The summed E-state index contributed by atoms with van der Waals surface area (Å²) in [6.45, 7) is 1.53. The van der Waals surface area contributed by atoms with Gasteiger partial charge in [0, 0.05) is 56.2 Å². The molecule has 2 aliphatic heterocycles. The second-order valence-electron chi connectivity index (χ2n) is 13.1. The highest BCUT2D eigenvalue weighted by atomic mass is 16.5. The molecule has 1 fully saturated rings.